The van der Waals surface area contributed by atoms with Crippen molar-refractivity contribution in [3.63, 3.8) is 0 Å². The second kappa shape index (κ2) is 9.13. The van der Waals surface area contributed by atoms with E-state index in [1.54, 1.807) is 12.1 Å². The van der Waals surface area contributed by atoms with E-state index in [-0.39, 0.29) is 0 Å². The van der Waals surface area contributed by atoms with Gasteiger partial charge in [0.25, 0.3) is 5.91 Å². The number of benzene rings is 2. The van der Waals surface area contributed by atoms with Gasteiger partial charge in [-0.3, -0.25) is 4.79 Å². The molecule has 1 amide bonds. The van der Waals surface area contributed by atoms with Crippen molar-refractivity contribution in [2.24, 2.45) is 0 Å². The number of anilines is 3. The molecule has 11 heteroatoms. The first-order valence-corrected chi connectivity index (χ1v) is 9.58. The largest absolute Gasteiger partial charge is 0.493 e. The van der Waals surface area contributed by atoms with Crippen molar-refractivity contribution < 1.29 is 32.2 Å². The molecule has 0 aliphatic rings. The molecule has 0 fully saturated rings. The summed E-state index contributed by atoms with van der Waals surface area (Å²) in [6, 6.07) is 7.69. The van der Waals surface area contributed by atoms with Crippen molar-refractivity contribution in [1.82, 2.24) is 4.98 Å². The molecule has 1 aromatic heterocycles. The van der Waals surface area contributed by atoms with E-state index < -0.39 is 17.6 Å². The zero-order valence-electron chi connectivity index (χ0n) is 16.7. The molecule has 0 saturated heterocycles. The SMILES string of the molecule is COc1cc(NC(=O)c2cnc(Nc3ccc(C(F)(F)F)cc3)s2)cc(OC)c1OC. The summed E-state index contributed by atoms with van der Waals surface area (Å²) >= 11 is 1.05. The summed E-state index contributed by atoms with van der Waals surface area (Å²) < 4.78 is 53.7. The number of amides is 1. The molecular weight excluding hydrogens is 435 g/mol. The highest BCUT2D eigenvalue weighted by Crippen LogP contribution is 2.40. The number of alkyl halides is 3. The minimum atomic E-state index is -4.40. The molecule has 0 radical (unpaired) electrons. The van der Waals surface area contributed by atoms with Crippen LogP contribution in [0.15, 0.2) is 42.6 Å². The molecule has 0 unspecified atom stereocenters. The highest BCUT2D eigenvalue weighted by molar-refractivity contribution is 7.17. The lowest BCUT2D eigenvalue weighted by Crippen LogP contribution is -2.10. The predicted molar refractivity (Wildman–Crippen MR) is 111 cm³/mol. The van der Waals surface area contributed by atoms with Crippen LogP contribution in [0.25, 0.3) is 0 Å². The average Bonchev–Trinajstić information content (AvgIpc) is 3.21. The third kappa shape index (κ3) is 5.18. The third-order valence-corrected chi connectivity index (χ3v) is 5.03. The Morgan fingerprint density at radius 3 is 2.10 bits per heavy atom. The van der Waals surface area contributed by atoms with E-state index in [0.717, 1.165) is 23.5 Å². The molecular formula is C20H18F3N3O4S. The number of carbonyl (C=O) groups is 1. The number of halogens is 3. The minimum absolute atomic E-state index is 0.295. The number of rotatable bonds is 7. The lowest BCUT2D eigenvalue weighted by Gasteiger charge is -2.14. The standard InChI is InChI=1S/C20H18F3N3O4S/c1-28-14-8-13(9-15(29-2)17(14)30-3)25-18(27)16-10-24-19(31-16)26-12-6-4-11(5-7-12)20(21,22)23/h4-10H,1-3H3,(H,24,26)(H,25,27). The summed E-state index contributed by atoms with van der Waals surface area (Å²) in [5.74, 6) is 0.730. The first-order chi connectivity index (χ1) is 14.7. The molecule has 31 heavy (non-hydrogen) atoms. The molecule has 2 aromatic carbocycles. The van der Waals surface area contributed by atoms with Crippen LogP contribution in [0.1, 0.15) is 15.2 Å². The van der Waals surface area contributed by atoms with E-state index >= 15 is 0 Å². The Hall–Kier alpha value is -3.47. The van der Waals surface area contributed by atoms with Gasteiger partial charge in [0, 0.05) is 23.5 Å². The van der Waals surface area contributed by atoms with Crippen LogP contribution in [0.3, 0.4) is 0 Å². The lowest BCUT2D eigenvalue weighted by atomic mass is 10.2. The van der Waals surface area contributed by atoms with Gasteiger partial charge < -0.3 is 24.8 Å². The van der Waals surface area contributed by atoms with Crippen LogP contribution in [0.2, 0.25) is 0 Å². The van der Waals surface area contributed by atoms with Gasteiger partial charge in [0.15, 0.2) is 16.6 Å². The molecule has 0 aliphatic heterocycles. The van der Waals surface area contributed by atoms with Crippen LogP contribution in [-0.4, -0.2) is 32.2 Å². The Bertz CT molecular complexity index is 1040. The number of nitrogens with zero attached hydrogens (tertiary/aromatic N) is 1. The summed E-state index contributed by atoms with van der Waals surface area (Å²) in [6.07, 6.45) is -3.04. The van der Waals surface area contributed by atoms with E-state index in [1.807, 2.05) is 0 Å². The van der Waals surface area contributed by atoms with E-state index in [2.05, 4.69) is 15.6 Å². The molecule has 3 aromatic rings. The number of methoxy groups -OCH3 is 3. The van der Waals surface area contributed by atoms with Crippen molar-refractivity contribution in [3.05, 3.63) is 53.0 Å². The Balaban J connectivity index is 1.72. The quantitative estimate of drug-likeness (QED) is 0.513. The van der Waals surface area contributed by atoms with Crippen molar-refractivity contribution in [1.29, 1.82) is 0 Å². The second-order valence-corrected chi connectivity index (χ2v) is 7.13. The Kier molecular flexibility index (Phi) is 6.54. The van der Waals surface area contributed by atoms with Crippen molar-refractivity contribution >= 4 is 33.8 Å². The van der Waals surface area contributed by atoms with E-state index in [4.69, 9.17) is 14.2 Å². The zero-order valence-corrected chi connectivity index (χ0v) is 17.5. The molecule has 2 N–H and O–H groups in total. The van der Waals surface area contributed by atoms with Crippen LogP contribution in [0, 0.1) is 0 Å². The molecule has 3 rings (SSSR count). The number of aromatic nitrogens is 1. The van der Waals surface area contributed by atoms with Crippen molar-refractivity contribution in [3.8, 4) is 17.2 Å². The Labute approximate surface area is 179 Å². The molecule has 7 nitrogen and oxygen atoms in total. The van der Waals surface area contributed by atoms with Crippen molar-refractivity contribution in [2.45, 2.75) is 6.18 Å². The normalized spacial score (nSPS) is 11.0. The average molecular weight is 453 g/mol. The second-order valence-electron chi connectivity index (χ2n) is 6.10. The fourth-order valence-corrected chi connectivity index (χ4v) is 3.38. The Morgan fingerprint density at radius 1 is 0.968 bits per heavy atom. The van der Waals surface area contributed by atoms with Crippen molar-refractivity contribution in [2.75, 3.05) is 32.0 Å². The summed E-state index contributed by atoms with van der Waals surface area (Å²) in [6.45, 7) is 0. The van der Waals surface area contributed by atoms with E-state index in [9.17, 15) is 18.0 Å². The topological polar surface area (TPSA) is 81.7 Å². The van der Waals surface area contributed by atoms with Gasteiger partial charge in [-0.05, 0) is 24.3 Å². The number of nitrogens with one attached hydrogen (secondary N) is 2. The van der Waals surface area contributed by atoms with E-state index in [1.165, 1.54) is 39.7 Å². The fraction of sp³-hybridized carbons (Fsp3) is 0.200. The number of thiazole rings is 1. The summed E-state index contributed by atoms with van der Waals surface area (Å²) in [4.78, 5) is 17.0. The fourth-order valence-electron chi connectivity index (χ4n) is 2.65. The van der Waals surface area contributed by atoms with Crippen LogP contribution in [0.5, 0.6) is 17.2 Å². The van der Waals surface area contributed by atoms with Gasteiger partial charge in [0.2, 0.25) is 5.75 Å². The van der Waals surface area contributed by atoms with E-state index in [0.29, 0.717) is 38.6 Å². The third-order valence-electron chi connectivity index (χ3n) is 4.12. The monoisotopic (exact) mass is 453 g/mol. The lowest BCUT2D eigenvalue weighted by molar-refractivity contribution is -0.137. The van der Waals surface area contributed by atoms with Gasteiger partial charge in [0.05, 0.1) is 33.1 Å². The molecule has 1 heterocycles. The number of hydrogen-bond acceptors (Lipinski definition) is 7. The van der Waals surface area contributed by atoms with Crippen LogP contribution < -0.4 is 24.8 Å². The maximum atomic E-state index is 12.7. The van der Waals surface area contributed by atoms with Crippen LogP contribution in [0.4, 0.5) is 29.7 Å². The first-order valence-electron chi connectivity index (χ1n) is 8.76. The van der Waals surface area contributed by atoms with Gasteiger partial charge in [0.1, 0.15) is 4.88 Å². The smallest absolute Gasteiger partial charge is 0.416 e. The molecule has 0 atom stereocenters. The van der Waals surface area contributed by atoms with Gasteiger partial charge in [-0.15, -0.1) is 0 Å². The number of ether oxygens (including phenoxy) is 3. The molecule has 164 valence electrons. The van der Waals surface area contributed by atoms with Crippen LogP contribution >= 0.6 is 11.3 Å². The summed E-state index contributed by atoms with van der Waals surface area (Å²) in [7, 11) is 4.40. The summed E-state index contributed by atoms with van der Waals surface area (Å²) in [5.41, 5.74) is 0.0895. The van der Waals surface area contributed by atoms with Gasteiger partial charge in [-0.1, -0.05) is 11.3 Å². The predicted octanol–water partition coefficient (Wildman–Crippen LogP) is 5.18. The molecule has 0 aliphatic carbocycles. The summed E-state index contributed by atoms with van der Waals surface area (Å²) in [5, 5.41) is 5.96. The van der Waals surface area contributed by atoms with Gasteiger partial charge in [-0.2, -0.15) is 13.2 Å². The molecule has 0 bridgehead atoms. The first kappa shape index (κ1) is 22.2. The maximum Gasteiger partial charge on any atom is 0.416 e. The molecule has 0 saturated carbocycles. The molecule has 0 spiro atoms. The number of hydrogen-bond donors (Lipinski definition) is 2. The highest BCUT2D eigenvalue weighted by atomic mass is 32.1. The maximum absolute atomic E-state index is 12.7. The highest BCUT2D eigenvalue weighted by Gasteiger charge is 2.30. The van der Waals surface area contributed by atoms with Crippen LogP contribution in [-0.2, 0) is 6.18 Å². The van der Waals surface area contributed by atoms with Gasteiger partial charge in [-0.25, -0.2) is 4.98 Å². The number of carbonyl (C=O) groups excluding carboxylic acids is 1. The van der Waals surface area contributed by atoms with Gasteiger partial charge >= 0.3 is 6.18 Å². The zero-order chi connectivity index (χ0) is 22.6. The minimum Gasteiger partial charge on any atom is -0.493 e. The Morgan fingerprint density at radius 2 is 1.58 bits per heavy atom.